The van der Waals surface area contributed by atoms with Crippen molar-refractivity contribution >= 4 is 32.9 Å². The van der Waals surface area contributed by atoms with Crippen molar-refractivity contribution < 1.29 is 4.74 Å². The summed E-state index contributed by atoms with van der Waals surface area (Å²) in [5.74, 6) is 2.99. The quantitative estimate of drug-likeness (QED) is 0.257. The van der Waals surface area contributed by atoms with Crippen LogP contribution < -0.4 is 10.1 Å². The van der Waals surface area contributed by atoms with E-state index in [0.29, 0.717) is 5.82 Å². The Balaban J connectivity index is 1.24. The molecule has 6 heteroatoms. The first-order valence-electron chi connectivity index (χ1n) is 11.6. The molecule has 0 aliphatic heterocycles. The number of ether oxygens (including phenoxy) is 1. The number of rotatable bonds is 6. The van der Waals surface area contributed by atoms with Crippen molar-refractivity contribution in [1.82, 2.24) is 15.0 Å². The number of nitrogens with one attached hydrogen (secondary N) is 1. The van der Waals surface area contributed by atoms with Crippen molar-refractivity contribution in [2.45, 2.75) is 6.92 Å². The minimum atomic E-state index is 0.686. The van der Waals surface area contributed by atoms with Crippen molar-refractivity contribution in [3.63, 3.8) is 0 Å². The predicted octanol–water partition coefficient (Wildman–Crippen LogP) is 8.26. The van der Waals surface area contributed by atoms with Crippen LogP contribution in [0.1, 0.15) is 5.82 Å². The van der Waals surface area contributed by atoms with E-state index in [1.165, 1.54) is 15.0 Å². The van der Waals surface area contributed by atoms with Gasteiger partial charge in [-0.1, -0.05) is 36.4 Å². The summed E-state index contributed by atoms with van der Waals surface area (Å²) in [6.45, 7) is 1.90. The highest BCUT2D eigenvalue weighted by Gasteiger charge is 2.10. The summed E-state index contributed by atoms with van der Waals surface area (Å²) in [5.41, 5.74) is 3.76. The molecule has 0 bridgehead atoms. The first kappa shape index (κ1) is 21.9. The Kier molecular flexibility index (Phi) is 5.85. The van der Waals surface area contributed by atoms with Gasteiger partial charge in [0.2, 0.25) is 0 Å². The molecule has 174 valence electrons. The van der Waals surface area contributed by atoms with Crippen LogP contribution in [-0.2, 0) is 0 Å². The second kappa shape index (κ2) is 9.60. The number of hydrogen-bond acceptors (Lipinski definition) is 6. The molecule has 0 spiro atoms. The zero-order chi connectivity index (χ0) is 24.3. The maximum absolute atomic E-state index is 5.89. The van der Waals surface area contributed by atoms with Crippen LogP contribution in [0.4, 0.5) is 11.5 Å². The van der Waals surface area contributed by atoms with E-state index in [-0.39, 0.29) is 0 Å². The maximum atomic E-state index is 5.89. The number of para-hydroxylation sites is 1. The van der Waals surface area contributed by atoms with Gasteiger partial charge in [-0.05, 0) is 66.9 Å². The molecule has 1 N–H and O–H groups in total. The molecule has 0 aliphatic carbocycles. The van der Waals surface area contributed by atoms with Crippen LogP contribution in [0.5, 0.6) is 11.5 Å². The van der Waals surface area contributed by atoms with Crippen LogP contribution in [0.15, 0.2) is 109 Å². The molecule has 36 heavy (non-hydrogen) atoms. The number of hydrogen-bond donors (Lipinski definition) is 1. The molecule has 0 atom stereocenters. The summed E-state index contributed by atoms with van der Waals surface area (Å²) in [6, 6.07) is 32.3. The predicted molar refractivity (Wildman–Crippen MR) is 147 cm³/mol. The first-order chi connectivity index (χ1) is 17.7. The summed E-state index contributed by atoms with van der Waals surface area (Å²) >= 11 is 1.77. The molecule has 0 saturated heterocycles. The number of nitrogens with zero attached hydrogens (tertiary/aromatic N) is 3. The van der Waals surface area contributed by atoms with Crippen LogP contribution in [0, 0.1) is 6.92 Å². The molecule has 0 amide bonds. The largest absolute Gasteiger partial charge is 0.457 e. The minimum absolute atomic E-state index is 0.686. The lowest BCUT2D eigenvalue weighted by Crippen LogP contribution is -1.99. The van der Waals surface area contributed by atoms with Gasteiger partial charge in [-0.3, -0.25) is 4.98 Å². The number of pyridine rings is 1. The molecule has 6 aromatic rings. The van der Waals surface area contributed by atoms with E-state index >= 15 is 0 Å². The Hall–Kier alpha value is -4.55. The smallest absolute Gasteiger partial charge is 0.134 e. The zero-order valence-corrected chi connectivity index (χ0v) is 20.4. The minimum Gasteiger partial charge on any atom is -0.457 e. The SMILES string of the molecule is Cc1nc(Nc2ccc(Oc3ccccc3)cc2)cc(-c2cncc(-c3cc4ccccc4s3)c2)n1. The highest BCUT2D eigenvalue weighted by atomic mass is 32.1. The van der Waals surface area contributed by atoms with E-state index in [1.807, 2.05) is 80.0 Å². The average Bonchev–Trinajstić information content (AvgIpc) is 3.35. The topological polar surface area (TPSA) is 59.9 Å². The van der Waals surface area contributed by atoms with Crippen molar-refractivity contribution in [1.29, 1.82) is 0 Å². The van der Waals surface area contributed by atoms with Gasteiger partial charge in [-0.2, -0.15) is 0 Å². The molecule has 5 nitrogen and oxygen atoms in total. The van der Waals surface area contributed by atoms with Crippen LogP contribution in [0.2, 0.25) is 0 Å². The molecular formula is C30H22N4OS. The third-order valence-corrected chi connectivity index (χ3v) is 6.85. The number of anilines is 2. The van der Waals surface area contributed by atoms with Crippen LogP contribution in [0.3, 0.4) is 0 Å². The van der Waals surface area contributed by atoms with Crippen molar-refractivity contribution in [2.75, 3.05) is 5.32 Å². The van der Waals surface area contributed by atoms with Gasteiger partial charge in [0.05, 0.1) is 5.69 Å². The van der Waals surface area contributed by atoms with Crippen molar-refractivity contribution in [2.24, 2.45) is 0 Å². The summed E-state index contributed by atoms with van der Waals surface area (Å²) in [5, 5.41) is 4.63. The zero-order valence-electron chi connectivity index (χ0n) is 19.6. The van der Waals surface area contributed by atoms with E-state index in [9.17, 15) is 0 Å². The Morgan fingerprint density at radius 2 is 1.47 bits per heavy atom. The highest BCUT2D eigenvalue weighted by Crippen LogP contribution is 2.35. The van der Waals surface area contributed by atoms with Crippen molar-refractivity contribution in [3.8, 4) is 33.2 Å². The summed E-state index contributed by atoms with van der Waals surface area (Å²) in [4.78, 5) is 15.0. The van der Waals surface area contributed by atoms with Gasteiger partial charge in [-0.25, -0.2) is 9.97 Å². The van der Waals surface area contributed by atoms with Crippen LogP contribution in [-0.4, -0.2) is 15.0 Å². The van der Waals surface area contributed by atoms with E-state index in [0.717, 1.165) is 39.8 Å². The maximum Gasteiger partial charge on any atom is 0.134 e. The molecule has 0 unspecified atom stereocenters. The van der Waals surface area contributed by atoms with E-state index in [2.05, 4.69) is 56.7 Å². The van der Waals surface area contributed by atoms with E-state index < -0.39 is 0 Å². The van der Waals surface area contributed by atoms with Crippen LogP contribution >= 0.6 is 11.3 Å². The highest BCUT2D eigenvalue weighted by molar-refractivity contribution is 7.22. The fourth-order valence-corrected chi connectivity index (χ4v) is 5.04. The third-order valence-electron chi connectivity index (χ3n) is 5.69. The van der Waals surface area contributed by atoms with Crippen molar-refractivity contribution in [3.05, 3.63) is 115 Å². The Morgan fingerprint density at radius 1 is 0.722 bits per heavy atom. The first-order valence-corrected chi connectivity index (χ1v) is 12.4. The number of thiophene rings is 1. The number of fused-ring (bicyclic) bond motifs is 1. The molecule has 3 aromatic carbocycles. The molecule has 3 aromatic heterocycles. The Morgan fingerprint density at radius 3 is 2.31 bits per heavy atom. The summed E-state index contributed by atoms with van der Waals surface area (Å²) in [6.07, 6.45) is 3.75. The third kappa shape index (κ3) is 4.80. The lowest BCUT2D eigenvalue weighted by molar-refractivity contribution is 0.483. The van der Waals surface area contributed by atoms with Gasteiger partial charge in [0.15, 0.2) is 0 Å². The lowest BCUT2D eigenvalue weighted by Gasteiger charge is -2.10. The summed E-state index contributed by atoms with van der Waals surface area (Å²) in [7, 11) is 0. The average molecular weight is 487 g/mol. The van der Waals surface area contributed by atoms with Crippen LogP contribution in [0.25, 0.3) is 31.8 Å². The van der Waals surface area contributed by atoms with Gasteiger partial charge in [0.25, 0.3) is 0 Å². The summed E-state index contributed by atoms with van der Waals surface area (Å²) < 4.78 is 7.15. The Bertz CT molecular complexity index is 1610. The molecule has 0 saturated carbocycles. The van der Waals surface area contributed by atoms with E-state index in [1.54, 1.807) is 11.3 Å². The number of aromatic nitrogens is 3. The molecule has 0 aliphatic rings. The fourth-order valence-electron chi connectivity index (χ4n) is 4.00. The van der Waals surface area contributed by atoms with Gasteiger partial charge in [0, 0.05) is 44.9 Å². The van der Waals surface area contributed by atoms with Gasteiger partial charge >= 0.3 is 0 Å². The second-order valence-electron chi connectivity index (χ2n) is 8.36. The van der Waals surface area contributed by atoms with Gasteiger partial charge in [-0.15, -0.1) is 11.3 Å². The molecule has 0 fully saturated rings. The van der Waals surface area contributed by atoms with E-state index in [4.69, 9.17) is 4.74 Å². The van der Waals surface area contributed by atoms with Gasteiger partial charge in [0.1, 0.15) is 23.1 Å². The second-order valence-corrected chi connectivity index (χ2v) is 9.44. The lowest BCUT2D eigenvalue weighted by atomic mass is 10.1. The molecule has 3 heterocycles. The fraction of sp³-hybridized carbons (Fsp3) is 0.0333. The molecular weight excluding hydrogens is 464 g/mol. The Labute approximate surface area is 213 Å². The standard InChI is InChI=1S/C30H22N4OS/c1-20-32-27(22-15-23(19-31-18-22)29-16-21-7-5-6-10-28(21)36-29)17-30(33-20)34-24-11-13-26(14-12-24)35-25-8-3-2-4-9-25/h2-19H,1H3,(H,32,33,34). The van der Waals surface area contributed by atoms with Gasteiger partial charge < -0.3 is 10.1 Å². The molecule has 6 rings (SSSR count). The number of aryl methyl sites for hydroxylation is 1. The monoisotopic (exact) mass is 486 g/mol. The number of benzene rings is 3. The normalized spacial score (nSPS) is 10.9. The molecule has 0 radical (unpaired) electrons.